The summed E-state index contributed by atoms with van der Waals surface area (Å²) in [6.07, 6.45) is 1.82. The third kappa shape index (κ3) is 4.13. The van der Waals surface area contributed by atoms with E-state index >= 15 is 0 Å². The summed E-state index contributed by atoms with van der Waals surface area (Å²) >= 11 is 0. The third-order valence-electron chi connectivity index (χ3n) is 2.10. The van der Waals surface area contributed by atoms with Crippen LogP contribution in [0.2, 0.25) is 0 Å². The summed E-state index contributed by atoms with van der Waals surface area (Å²) in [7, 11) is 0. The van der Waals surface area contributed by atoms with Gasteiger partial charge in [-0.1, -0.05) is 24.3 Å². The first-order valence-electron chi connectivity index (χ1n) is 5.22. The predicted octanol–water partition coefficient (Wildman–Crippen LogP) is 2.27. The van der Waals surface area contributed by atoms with Gasteiger partial charge in [-0.3, -0.25) is 0 Å². The first kappa shape index (κ1) is 12.2. The summed E-state index contributed by atoms with van der Waals surface area (Å²) in [5, 5.41) is 3.78. The van der Waals surface area contributed by atoms with Crippen molar-refractivity contribution in [1.82, 2.24) is 5.43 Å². The minimum atomic E-state index is -0.525. The van der Waals surface area contributed by atoms with Crippen molar-refractivity contribution in [3.05, 3.63) is 35.4 Å². The lowest BCUT2D eigenvalue weighted by Gasteiger charge is -2.01. The molecule has 1 N–H and O–H groups in total. The fourth-order valence-electron chi connectivity index (χ4n) is 1.24. The van der Waals surface area contributed by atoms with Gasteiger partial charge in [-0.25, -0.2) is 10.2 Å². The van der Waals surface area contributed by atoms with Crippen LogP contribution in [0.15, 0.2) is 29.4 Å². The molecule has 1 amide bonds. The Kier molecular flexibility index (Phi) is 5.05. The number of amides is 1. The minimum absolute atomic E-state index is 0.346. The second kappa shape index (κ2) is 6.61. The number of nitrogens with zero attached hydrogens (tertiary/aromatic N) is 1. The molecule has 16 heavy (non-hydrogen) atoms. The van der Waals surface area contributed by atoms with Crippen LogP contribution in [-0.4, -0.2) is 18.9 Å². The summed E-state index contributed by atoms with van der Waals surface area (Å²) in [5.41, 5.74) is 4.69. The van der Waals surface area contributed by atoms with Gasteiger partial charge in [0.05, 0.1) is 6.61 Å². The van der Waals surface area contributed by atoms with Crippen LogP contribution in [-0.2, 0) is 11.2 Å². The Morgan fingerprint density at radius 3 is 2.94 bits per heavy atom. The molecule has 0 saturated heterocycles. The number of hydrogen-bond acceptors (Lipinski definition) is 3. The molecule has 1 rings (SSSR count). The number of aryl methyl sites for hydroxylation is 1. The molecule has 0 unspecified atom stereocenters. The number of hydrazone groups is 1. The molecule has 4 nitrogen and oxygen atoms in total. The van der Waals surface area contributed by atoms with Crippen molar-refractivity contribution in [2.24, 2.45) is 5.10 Å². The Labute approximate surface area is 95.3 Å². The summed E-state index contributed by atoms with van der Waals surface area (Å²) in [6, 6.07) is 8.05. The van der Waals surface area contributed by atoms with Gasteiger partial charge >= 0.3 is 6.09 Å². The number of rotatable bonds is 4. The second-order valence-corrected chi connectivity index (χ2v) is 3.27. The van der Waals surface area contributed by atoms with Gasteiger partial charge < -0.3 is 4.74 Å². The number of benzene rings is 1. The number of carbonyl (C=O) groups excluding carboxylic acids is 1. The fourth-order valence-corrected chi connectivity index (χ4v) is 1.24. The molecule has 0 aliphatic carbocycles. The lowest BCUT2D eigenvalue weighted by atomic mass is 10.1. The summed E-state index contributed by atoms with van der Waals surface area (Å²) < 4.78 is 4.65. The van der Waals surface area contributed by atoms with E-state index in [4.69, 9.17) is 0 Å². The normalized spacial score (nSPS) is 10.4. The van der Waals surface area contributed by atoms with Crippen molar-refractivity contribution in [3.8, 4) is 0 Å². The van der Waals surface area contributed by atoms with Gasteiger partial charge in [0.25, 0.3) is 0 Å². The number of carbonyl (C=O) groups is 1. The van der Waals surface area contributed by atoms with Crippen LogP contribution in [0.3, 0.4) is 0 Å². The molecular formula is C12H16N2O2. The van der Waals surface area contributed by atoms with Crippen LogP contribution in [0.4, 0.5) is 4.79 Å². The standard InChI is InChI=1S/C12H16N2O2/c1-3-16-12(15)14-13-9-8-11-7-5-4-6-10(11)2/h4-7,9H,3,8H2,1-2H3,(H,14,15). The van der Waals surface area contributed by atoms with E-state index in [9.17, 15) is 4.79 Å². The Bertz CT molecular complexity index is 375. The molecule has 0 aliphatic heterocycles. The van der Waals surface area contributed by atoms with Crippen molar-refractivity contribution in [2.75, 3.05) is 6.61 Å². The van der Waals surface area contributed by atoms with E-state index in [-0.39, 0.29) is 0 Å². The maximum Gasteiger partial charge on any atom is 0.427 e. The molecule has 1 aromatic rings. The Morgan fingerprint density at radius 1 is 1.50 bits per heavy atom. The van der Waals surface area contributed by atoms with E-state index in [1.54, 1.807) is 13.1 Å². The predicted molar refractivity (Wildman–Crippen MR) is 63.5 cm³/mol. The molecule has 4 heteroatoms. The molecule has 0 saturated carbocycles. The highest BCUT2D eigenvalue weighted by Gasteiger charge is 1.96. The smallest absolute Gasteiger partial charge is 0.427 e. The van der Waals surface area contributed by atoms with Crippen LogP contribution in [0, 0.1) is 6.92 Å². The second-order valence-electron chi connectivity index (χ2n) is 3.27. The highest BCUT2D eigenvalue weighted by atomic mass is 16.5. The first-order chi connectivity index (χ1) is 7.74. The van der Waals surface area contributed by atoms with Gasteiger partial charge in [-0.2, -0.15) is 5.10 Å². The van der Waals surface area contributed by atoms with Gasteiger partial charge in [0.15, 0.2) is 0 Å². The monoisotopic (exact) mass is 220 g/mol. The number of hydrogen-bond donors (Lipinski definition) is 1. The zero-order valence-electron chi connectivity index (χ0n) is 9.56. The zero-order chi connectivity index (χ0) is 11.8. The van der Waals surface area contributed by atoms with Crippen molar-refractivity contribution in [2.45, 2.75) is 20.3 Å². The van der Waals surface area contributed by atoms with Gasteiger partial charge in [-0.15, -0.1) is 0 Å². The fraction of sp³-hybridized carbons (Fsp3) is 0.333. The van der Waals surface area contributed by atoms with E-state index in [1.807, 2.05) is 31.2 Å². The molecule has 0 atom stereocenters. The quantitative estimate of drug-likeness (QED) is 0.625. The van der Waals surface area contributed by atoms with Crippen molar-refractivity contribution >= 4 is 12.3 Å². The molecule has 86 valence electrons. The Balaban J connectivity index is 2.37. The minimum Gasteiger partial charge on any atom is -0.449 e. The van der Waals surface area contributed by atoms with Gasteiger partial charge in [0, 0.05) is 12.6 Å². The van der Waals surface area contributed by atoms with Crippen molar-refractivity contribution in [1.29, 1.82) is 0 Å². The SMILES string of the molecule is CCOC(=O)NN=CCc1ccccc1C. The number of nitrogens with one attached hydrogen (secondary N) is 1. The average Bonchev–Trinajstić information content (AvgIpc) is 2.27. The zero-order valence-corrected chi connectivity index (χ0v) is 9.56. The molecule has 0 radical (unpaired) electrons. The van der Waals surface area contributed by atoms with Crippen LogP contribution < -0.4 is 5.43 Å². The first-order valence-corrected chi connectivity index (χ1v) is 5.22. The lowest BCUT2D eigenvalue weighted by molar-refractivity contribution is 0.152. The van der Waals surface area contributed by atoms with E-state index in [0.717, 1.165) is 0 Å². The lowest BCUT2D eigenvalue weighted by Crippen LogP contribution is -2.18. The highest BCUT2D eigenvalue weighted by Crippen LogP contribution is 2.05. The molecule has 0 aromatic heterocycles. The van der Waals surface area contributed by atoms with Crippen LogP contribution >= 0.6 is 0 Å². The summed E-state index contributed by atoms with van der Waals surface area (Å²) in [5.74, 6) is 0. The maximum absolute atomic E-state index is 10.9. The maximum atomic E-state index is 10.9. The Hall–Kier alpha value is -1.84. The van der Waals surface area contributed by atoms with Crippen molar-refractivity contribution in [3.63, 3.8) is 0 Å². The molecule has 0 heterocycles. The molecule has 0 bridgehead atoms. The van der Waals surface area contributed by atoms with E-state index < -0.39 is 6.09 Å². The molecule has 0 fully saturated rings. The Morgan fingerprint density at radius 2 is 2.25 bits per heavy atom. The number of ether oxygens (including phenoxy) is 1. The molecular weight excluding hydrogens is 204 g/mol. The van der Waals surface area contributed by atoms with Gasteiger partial charge in [-0.05, 0) is 25.0 Å². The highest BCUT2D eigenvalue weighted by molar-refractivity contribution is 5.69. The van der Waals surface area contributed by atoms with Crippen molar-refractivity contribution < 1.29 is 9.53 Å². The van der Waals surface area contributed by atoms with Crippen LogP contribution in [0.25, 0.3) is 0 Å². The molecule has 0 aliphatic rings. The average molecular weight is 220 g/mol. The largest absolute Gasteiger partial charge is 0.449 e. The van der Waals surface area contributed by atoms with E-state index in [1.165, 1.54) is 11.1 Å². The van der Waals surface area contributed by atoms with Crippen LogP contribution in [0.5, 0.6) is 0 Å². The van der Waals surface area contributed by atoms with Gasteiger partial charge in [0.1, 0.15) is 0 Å². The topological polar surface area (TPSA) is 50.7 Å². The summed E-state index contributed by atoms with van der Waals surface area (Å²) in [6.45, 7) is 4.14. The molecule has 0 spiro atoms. The van der Waals surface area contributed by atoms with Gasteiger partial charge in [0.2, 0.25) is 0 Å². The van der Waals surface area contributed by atoms with Crippen LogP contribution in [0.1, 0.15) is 18.1 Å². The summed E-state index contributed by atoms with van der Waals surface area (Å²) in [4.78, 5) is 10.9. The third-order valence-corrected chi connectivity index (χ3v) is 2.10. The van der Waals surface area contributed by atoms with E-state index in [0.29, 0.717) is 13.0 Å². The van der Waals surface area contributed by atoms with E-state index in [2.05, 4.69) is 15.3 Å². The molecule has 1 aromatic carbocycles.